The molecule has 0 N–H and O–H groups in total. The maximum atomic E-state index is 12.8. The molecule has 8 heteroatoms. The Balaban J connectivity index is 1.81. The summed E-state index contributed by atoms with van der Waals surface area (Å²) in [6.07, 6.45) is 0. The van der Waals surface area contributed by atoms with Crippen molar-refractivity contribution in [3.63, 3.8) is 0 Å². The zero-order valence-electron chi connectivity index (χ0n) is 12.8. The quantitative estimate of drug-likeness (QED) is 0.840. The highest BCUT2D eigenvalue weighted by atomic mass is 32.2. The van der Waals surface area contributed by atoms with Gasteiger partial charge in [-0.25, -0.2) is 13.0 Å². The van der Waals surface area contributed by atoms with E-state index in [2.05, 4.69) is 33.7 Å². The Labute approximate surface area is 129 Å². The minimum atomic E-state index is -3.57. The van der Waals surface area contributed by atoms with Crippen LogP contribution in [0.5, 0.6) is 0 Å². The van der Waals surface area contributed by atoms with Crippen LogP contribution in [-0.4, -0.2) is 60.7 Å². The van der Waals surface area contributed by atoms with Crippen molar-refractivity contribution in [2.24, 2.45) is 5.92 Å². The maximum Gasteiger partial charge on any atom is 0.245 e. The van der Waals surface area contributed by atoms with Crippen LogP contribution >= 0.6 is 0 Å². The first-order chi connectivity index (χ1) is 10.5. The lowest BCUT2D eigenvalue weighted by molar-refractivity contribution is 0.172. The van der Waals surface area contributed by atoms with Crippen molar-refractivity contribution in [1.29, 1.82) is 0 Å². The molecule has 1 saturated heterocycles. The summed E-state index contributed by atoms with van der Waals surface area (Å²) in [6, 6.07) is 4.90. The lowest BCUT2D eigenvalue weighted by Crippen LogP contribution is -2.49. The molecule has 2 heterocycles. The predicted octanol–water partition coefficient (Wildman–Crippen LogP) is 1.19. The second-order valence-electron chi connectivity index (χ2n) is 5.99. The van der Waals surface area contributed by atoms with Gasteiger partial charge in [-0.05, 0) is 28.4 Å². The van der Waals surface area contributed by atoms with Crippen molar-refractivity contribution in [3.05, 3.63) is 18.2 Å². The number of hydrogen-bond donors (Lipinski definition) is 0. The number of piperazine rings is 1. The molecule has 0 spiro atoms. The SMILES string of the molecule is CC(C)CN1CCN(S(=O)(=O)c2cccc3nonc23)CC1. The Morgan fingerprint density at radius 1 is 1.18 bits per heavy atom. The topological polar surface area (TPSA) is 79.5 Å². The normalized spacial score (nSPS) is 18.3. The fraction of sp³-hybridized carbons (Fsp3) is 0.571. The molecule has 0 bridgehead atoms. The Kier molecular flexibility index (Phi) is 4.16. The molecule has 0 unspecified atom stereocenters. The summed E-state index contributed by atoms with van der Waals surface area (Å²) >= 11 is 0. The van der Waals surface area contributed by atoms with E-state index in [1.807, 2.05) is 0 Å². The molecule has 0 radical (unpaired) electrons. The van der Waals surface area contributed by atoms with Crippen molar-refractivity contribution in [3.8, 4) is 0 Å². The molecule has 0 saturated carbocycles. The van der Waals surface area contributed by atoms with Crippen molar-refractivity contribution in [2.75, 3.05) is 32.7 Å². The minimum absolute atomic E-state index is 0.170. The third kappa shape index (κ3) is 2.86. The van der Waals surface area contributed by atoms with Crippen molar-refractivity contribution in [1.82, 2.24) is 19.5 Å². The Hall–Kier alpha value is -1.51. The predicted molar refractivity (Wildman–Crippen MR) is 81.8 cm³/mol. The van der Waals surface area contributed by atoms with Crippen molar-refractivity contribution < 1.29 is 13.0 Å². The first-order valence-corrected chi connectivity index (χ1v) is 8.86. The molecule has 1 aliphatic heterocycles. The van der Waals surface area contributed by atoms with Gasteiger partial charge in [0, 0.05) is 32.7 Å². The number of rotatable bonds is 4. The van der Waals surface area contributed by atoms with Crippen LogP contribution in [0.3, 0.4) is 0 Å². The van der Waals surface area contributed by atoms with E-state index < -0.39 is 10.0 Å². The highest BCUT2D eigenvalue weighted by Crippen LogP contribution is 2.24. The first-order valence-electron chi connectivity index (χ1n) is 7.42. The number of fused-ring (bicyclic) bond motifs is 1. The van der Waals surface area contributed by atoms with E-state index in [9.17, 15) is 8.42 Å². The van der Waals surface area contributed by atoms with Gasteiger partial charge in [0.25, 0.3) is 0 Å². The molecule has 1 aromatic carbocycles. The molecule has 0 atom stereocenters. The number of sulfonamides is 1. The van der Waals surface area contributed by atoms with E-state index >= 15 is 0 Å². The van der Waals surface area contributed by atoms with Crippen molar-refractivity contribution >= 4 is 21.1 Å². The maximum absolute atomic E-state index is 12.8. The van der Waals surface area contributed by atoms with Gasteiger partial charge in [0.15, 0.2) is 5.52 Å². The summed E-state index contributed by atoms with van der Waals surface area (Å²) in [7, 11) is -3.57. The van der Waals surface area contributed by atoms with Gasteiger partial charge in [0.1, 0.15) is 10.4 Å². The van der Waals surface area contributed by atoms with E-state index in [0.29, 0.717) is 30.0 Å². The third-order valence-electron chi connectivity index (χ3n) is 3.82. The van der Waals surface area contributed by atoms with Gasteiger partial charge in [-0.2, -0.15) is 4.31 Å². The van der Waals surface area contributed by atoms with Crippen LogP contribution in [0.25, 0.3) is 11.0 Å². The zero-order chi connectivity index (χ0) is 15.7. The van der Waals surface area contributed by atoms with Crippen LogP contribution in [0.4, 0.5) is 0 Å². The van der Waals surface area contributed by atoms with Gasteiger partial charge in [0.2, 0.25) is 10.0 Å². The number of benzene rings is 1. The number of hydrogen-bond acceptors (Lipinski definition) is 6. The molecule has 3 rings (SSSR count). The smallest absolute Gasteiger partial charge is 0.245 e. The molecular formula is C14H20N4O3S. The van der Waals surface area contributed by atoms with E-state index in [-0.39, 0.29) is 4.90 Å². The van der Waals surface area contributed by atoms with Gasteiger partial charge in [-0.1, -0.05) is 19.9 Å². The van der Waals surface area contributed by atoms with Gasteiger partial charge in [-0.15, -0.1) is 0 Å². The lowest BCUT2D eigenvalue weighted by atomic mass is 10.2. The average Bonchev–Trinajstić information content (AvgIpc) is 2.95. The fourth-order valence-corrected chi connectivity index (χ4v) is 4.36. The highest BCUT2D eigenvalue weighted by molar-refractivity contribution is 7.89. The van der Waals surface area contributed by atoms with E-state index in [4.69, 9.17) is 0 Å². The molecule has 2 aromatic rings. The molecule has 7 nitrogen and oxygen atoms in total. The molecule has 1 fully saturated rings. The second kappa shape index (κ2) is 5.94. The molecule has 1 aliphatic rings. The standard InChI is InChI=1S/C14H20N4O3S/c1-11(2)10-17-6-8-18(9-7-17)22(19,20)13-5-3-4-12-14(13)16-21-15-12/h3-5,11H,6-10H2,1-2H3. The summed E-state index contributed by atoms with van der Waals surface area (Å²) in [6.45, 7) is 7.84. The fourth-order valence-electron chi connectivity index (χ4n) is 2.80. The molecule has 0 amide bonds. The summed E-state index contributed by atoms with van der Waals surface area (Å²) in [5, 5.41) is 7.44. The Bertz CT molecular complexity index is 748. The largest absolute Gasteiger partial charge is 0.300 e. The summed E-state index contributed by atoms with van der Waals surface area (Å²) in [4.78, 5) is 2.47. The Morgan fingerprint density at radius 2 is 1.91 bits per heavy atom. The summed E-state index contributed by atoms with van der Waals surface area (Å²) < 4.78 is 31.8. The first kappa shape index (κ1) is 15.4. The molecule has 0 aliphatic carbocycles. The van der Waals surface area contributed by atoms with Crippen LogP contribution in [-0.2, 0) is 10.0 Å². The molecule has 120 valence electrons. The van der Waals surface area contributed by atoms with Crippen molar-refractivity contribution in [2.45, 2.75) is 18.7 Å². The molecular weight excluding hydrogens is 304 g/mol. The molecule has 22 heavy (non-hydrogen) atoms. The van der Waals surface area contributed by atoms with Gasteiger partial charge in [0.05, 0.1) is 0 Å². The van der Waals surface area contributed by atoms with Crippen LogP contribution < -0.4 is 0 Å². The Morgan fingerprint density at radius 3 is 2.59 bits per heavy atom. The molecule has 1 aromatic heterocycles. The van der Waals surface area contributed by atoms with E-state index in [1.165, 1.54) is 4.31 Å². The monoisotopic (exact) mass is 324 g/mol. The van der Waals surface area contributed by atoms with Crippen LogP contribution in [0.1, 0.15) is 13.8 Å². The summed E-state index contributed by atoms with van der Waals surface area (Å²) in [5.74, 6) is 0.582. The lowest BCUT2D eigenvalue weighted by Gasteiger charge is -2.34. The zero-order valence-corrected chi connectivity index (χ0v) is 13.6. The summed E-state index contributed by atoms with van der Waals surface area (Å²) in [5.41, 5.74) is 0.756. The van der Waals surface area contributed by atoms with Gasteiger partial charge < -0.3 is 4.90 Å². The third-order valence-corrected chi connectivity index (χ3v) is 5.75. The van der Waals surface area contributed by atoms with Gasteiger partial charge >= 0.3 is 0 Å². The van der Waals surface area contributed by atoms with Crippen LogP contribution in [0.15, 0.2) is 27.7 Å². The van der Waals surface area contributed by atoms with E-state index in [0.717, 1.165) is 19.6 Å². The average molecular weight is 324 g/mol. The number of nitrogens with zero attached hydrogens (tertiary/aromatic N) is 4. The highest BCUT2D eigenvalue weighted by Gasteiger charge is 2.30. The van der Waals surface area contributed by atoms with Crippen LogP contribution in [0, 0.1) is 5.92 Å². The van der Waals surface area contributed by atoms with Gasteiger partial charge in [-0.3, -0.25) is 0 Å². The van der Waals surface area contributed by atoms with Crippen LogP contribution in [0.2, 0.25) is 0 Å². The second-order valence-corrected chi connectivity index (χ2v) is 7.89. The minimum Gasteiger partial charge on any atom is -0.300 e. The number of aromatic nitrogens is 2. The van der Waals surface area contributed by atoms with E-state index in [1.54, 1.807) is 18.2 Å².